The summed E-state index contributed by atoms with van der Waals surface area (Å²) in [6, 6.07) is 0. The maximum Gasteiger partial charge on any atom is -0.0386 e. The number of hydrogen-bond acceptors (Lipinski definition) is 0. The molecule has 0 aromatic carbocycles. The van der Waals surface area contributed by atoms with Crippen molar-refractivity contribution < 1.29 is 0 Å². The van der Waals surface area contributed by atoms with E-state index < -0.39 is 0 Å². The maximum atomic E-state index is 2.45. The second kappa shape index (κ2) is 12.5. The van der Waals surface area contributed by atoms with Crippen LogP contribution < -0.4 is 0 Å². The van der Waals surface area contributed by atoms with Crippen LogP contribution in [0.4, 0.5) is 0 Å². The molecule has 0 heteroatoms. The Morgan fingerprint density at radius 1 is 0.308 bits per heavy atom. The molecule has 154 valence electrons. The molecule has 4 aliphatic rings. The quantitative estimate of drug-likeness (QED) is 0.408. The summed E-state index contributed by atoms with van der Waals surface area (Å²) >= 11 is 0. The van der Waals surface area contributed by atoms with Gasteiger partial charge in [0.1, 0.15) is 0 Å². The van der Waals surface area contributed by atoms with Gasteiger partial charge in [0.15, 0.2) is 0 Å². The maximum absolute atomic E-state index is 2.45. The molecule has 4 aliphatic carbocycles. The zero-order valence-electron chi connectivity index (χ0n) is 18.8. The summed E-state index contributed by atoms with van der Waals surface area (Å²) in [5.74, 6) is 6.35. The summed E-state index contributed by atoms with van der Waals surface area (Å²) in [6.45, 7) is 9.52. The Hall–Kier alpha value is 0. The van der Waals surface area contributed by atoms with Gasteiger partial charge in [0, 0.05) is 0 Å². The molecule has 4 saturated carbocycles. The van der Waals surface area contributed by atoms with Crippen molar-refractivity contribution in [1.82, 2.24) is 0 Å². The highest BCUT2D eigenvalue weighted by molar-refractivity contribution is 4.79. The van der Waals surface area contributed by atoms with Crippen LogP contribution in [0, 0.1) is 35.5 Å². The number of hydrogen-bond donors (Lipinski definition) is 0. The first-order chi connectivity index (χ1) is 12.5. The van der Waals surface area contributed by atoms with Gasteiger partial charge in [-0.3, -0.25) is 0 Å². The fourth-order valence-electron chi connectivity index (χ4n) is 5.22. The molecule has 4 rings (SSSR count). The number of rotatable bonds is 1. The van der Waals surface area contributed by atoms with Crippen molar-refractivity contribution in [2.45, 2.75) is 130 Å². The molecule has 26 heavy (non-hydrogen) atoms. The Bertz CT molecular complexity index is 328. The van der Waals surface area contributed by atoms with E-state index in [0.717, 1.165) is 35.5 Å². The van der Waals surface area contributed by atoms with Crippen LogP contribution in [-0.4, -0.2) is 0 Å². The summed E-state index contributed by atoms with van der Waals surface area (Å²) in [6.07, 6.45) is 24.1. The molecule has 0 radical (unpaired) electrons. The monoisotopic (exact) mass is 362 g/mol. The Kier molecular flexibility index (Phi) is 10.7. The molecule has 0 bridgehead atoms. The van der Waals surface area contributed by atoms with E-state index in [1.54, 1.807) is 25.7 Å². The minimum atomic E-state index is 1.01. The predicted molar refractivity (Wildman–Crippen MR) is 118 cm³/mol. The second-order valence-electron chi connectivity index (χ2n) is 10.8. The van der Waals surface area contributed by atoms with Gasteiger partial charge < -0.3 is 0 Å². The standard InChI is InChI=1S/C15H28.C7H14.C4H8/c1-12-4-3-5-14(9-6-12)15-10-7-13(2)8-11-15;1-7-5-3-2-4-6-7;1-4-2-3-4/h12-15H,3-11H2,1-2H3;7H,2-6H2,1H3;4H,2-3H2,1H3. The third-order valence-electron chi connectivity index (χ3n) is 7.79. The summed E-state index contributed by atoms with van der Waals surface area (Å²) < 4.78 is 0. The largest absolute Gasteiger partial charge is 0.0625 e. The molecular formula is C26H50. The molecule has 2 atom stereocenters. The molecule has 0 saturated heterocycles. The van der Waals surface area contributed by atoms with E-state index in [0.29, 0.717) is 0 Å². The van der Waals surface area contributed by atoms with Crippen molar-refractivity contribution in [3.05, 3.63) is 0 Å². The second-order valence-corrected chi connectivity index (χ2v) is 10.8. The highest BCUT2D eigenvalue weighted by atomic mass is 14.3. The lowest BCUT2D eigenvalue weighted by molar-refractivity contribution is 0.195. The SMILES string of the molecule is CC1CC1.CC1CCCC(C2CCC(C)CC2)CC1.CC1CCCCC1. The highest BCUT2D eigenvalue weighted by Gasteiger charge is 2.27. The molecule has 0 aromatic heterocycles. The third kappa shape index (κ3) is 9.80. The van der Waals surface area contributed by atoms with Gasteiger partial charge in [0.05, 0.1) is 0 Å². The topological polar surface area (TPSA) is 0 Å². The fraction of sp³-hybridized carbons (Fsp3) is 1.00. The van der Waals surface area contributed by atoms with E-state index in [-0.39, 0.29) is 0 Å². The molecule has 0 aliphatic heterocycles. The van der Waals surface area contributed by atoms with Gasteiger partial charge in [0.2, 0.25) is 0 Å². The molecule has 4 fully saturated rings. The Morgan fingerprint density at radius 2 is 0.654 bits per heavy atom. The minimum Gasteiger partial charge on any atom is -0.0625 e. The van der Waals surface area contributed by atoms with Gasteiger partial charge in [-0.2, -0.15) is 0 Å². The molecule has 0 N–H and O–H groups in total. The van der Waals surface area contributed by atoms with Crippen LogP contribution in [-0.2, 0) is 0 Å². The third-order valence-corrected chi connectivity index (χ3v) is 7.79. The van der Waals surface area contributed by atoms with Gasteiger partial charge in [0.25, 0.3) is 0 Å². The Labute approximate surface area is 166 Å². The van der Waals surface area contributed by atoms with E-state index in [2.05, 4.69) is 27.7 Å². The first-order valence-electron chi connectivity index (χ1n) is 12.5. The van der Waals surface area contributed by atoms with Crippen molar-refractivity contribution in [2.75, 3.05) is 0 Å². The summed E-state index contributed by atoms with van der Waals surface area (Å²) in [5.41, 5.74) is 0. The highest BCUT2D eigenvalue weighted by Crippen LogP contribution is 2.40. The van der Waals surface area contributed by atoms with Crippen LogP contribution in [0.3, 0.4) is 0 Å². The molecule has 0 amide bonds. The van der Waals surface area contributed by atoms with Crippen molar-refractivity contribution in [2.24, 2.45) is 35.5 Å². The van der Waals surface area contributed by atoms with E-state index in [1.807, 2.05) is 0 Å². The van der Waals surface area contributed by atoms with Gasteiger partial charge in [-0.1, -0.05) is 111 Å². The van der Waals surface area contributed by atoms with Crippen LogP contribution in [0.5, 0.6) is 0 Å². The summed E-state index contributed by atoms with van der Waals surface area (Å²) in [5, 5.41) is 0. The van der Waals surface area contributed by atoms with E-state index in [1.165, 1.54) is 77.0 Å². The molecular weight excluding hydrogens is 312 g/mol. The van der Waals surface area contributed by atoms with Crippen LogP contribution in [0.1, 0.15) is 130 Å². The predicted octanol–water partition coefficient (Wildman–Crippen LogP) is 9.03. The first kappa shape index (κ1) is 22.3. The molecule has 2 unspecified atom stereocenters. The normalized spacial score (nSPS) is 36.0. The van der Waals surface area contributed by atoms with E-state index in [9.17, 15) is 0 Å². The average Bonchev–Trinajstić information content (AvgIpc) is 3.45. The van der Waals surface area contributed by atoms with Gasteiger partial charge in [-0.05, 0) is 54.8 Å². The van der Waals surface area contributed by atoms with Crippen LogP contribution in [0.2, 0.25) is 0 Å². The van der Waals surface area contributed by atoms with Gasteiger partial charge in [-0.15, -0.1) is 0 Å². The summed E-state index contributed by atoms with van der Waals surface area (Å²) in [7, 11) is 0. The van der Waals surface area contributed by atoms with Crippen molar-refractivity contribution >= 4 is 0 Å². The van der Waals surface area contributed by atoms with Gasteiger partial charge in [-0.25, -0.2) is 0 Å². The lowest BCUT2D eigenvalue weighted by Gasteiger charge is -2.32. The van der Waals surface area contributed by atoms with Crippen molar-refractivity contribution in [1.29, 1.82) is 0 Å². The zero-order chi connectivity index (χ0) is 18.8. The van der Waals surface area contributed by atoms with E-state index in [4.69, 9.17) is 0 Å². The molecule has 0 spiro atoms. The van der Waals surface area contributed by atoms with Gasteiger partial charge >= 0.3 is 0 Å². The van der Waals surface area contributed by atoms with E-state index >= 15 is 0 Å². The zero-order valence-corrected chi connectivity index (χ0v) is 18.8. The lowest BCUT2D eigenvalue weighted by atomic mass is 9.74. The van der Waals surface area contributed by atoms with Crippen LogP contribution in [0.25, 0.3) is 0 Å². The van der Waals surface area contributed by atoms with Crippen LogP contribution in [0.15, 0.2) is 0 Å². The molecule has 0 nitrogen and oxygen atoms in total. The minimum absolute atomic E-state index is 1.01. The smallest absolute Gasteiger partial charge is 0.0386 e. The van der Waals surface area contributed by atoms with Crippen molar-refractivity contribution in [3.8, 4) is 0 Å². The molecule has 0 aromatic rings. The van der Waals surface area contributed by atoms with Crippen molar-refractivity contribution in [3.63, 3.8) is 0 Å². The Balaban J connectivity index is 0.000000180. The average molecular weight is 363 g/mol. The van der Waals surface area contributed by atoms with Crippen LogP contribution >= 0.6 is 0 Å². The molecule has 0 heterocycles. The lowest BCUT2D eigenvalue weighted by Crippen LogP contribution is -2.20. The fourth-order valence-corrected chi connectivity index (χ4v) is 5.22. The summed E-state index contributed by atoms with van der Waals surface area (Å²) in [4.78, 5) is 0. The first-order valence-corrected chi connectivity index (χ1v) is 12.5. The Morgan fingerprint density at radius 3 is 1.08 bits per heavy atom.